The Morgan fingerprint density at radius 1 is 1.14 bits per heavy atom. The van der Waals surface area contributed by atoms with E-state index in [9.17, 15) is 9.59 Å². The summed E-state index contributed by atoms with van der Waals surface area (Å²) in [6, 6.07) is 3.65. The fraction of sp³-hybridized carbons (Fsp3) is 0. The summed E-state index contributed by atoms with van der Waals surface area (Å²) in [5.41, 5.74) is 0. The second-order valence-electron chi connectivity index (χ2n) is 2.66. The van der Waals surface area contributed by atoms with Crippen molar-refractivity contribution in [3.63, 3.8) is 0 Å². The fourth-order valence-corrected chi connectivity index (χ4v) is 2.60. The van der Waals surface area contributed by atoms with Gasteiger partial charge >= 0.3 is 0 Å². The highest BCUT2D eigenvalue weighted by molar-refractivity contribution is 8.18. The third kappa shape index (κ3) is 2.02. The highest BCUT2D eigenvalue weighted by atomic mass is 32.2. The third-order valence-corrected chi connectivity index (χ3v) is 3.43. The van der Waals surface area contributed by atoms with Gasteiger partial charge in [-0.1, -0.05) is 0 Å². The molecule has 0 saturated heterocycles. The standard InChI is InChI=1S/C10H6O2S2/c11-6-9-2-1-7(13-9)5-8-3-4-10(12)14-8/h1-6H. The van der Waals surface area contributed by atoms with Crippen LogP contribution in [-0.2, 0) is 4.79 Å². The molecule has 0 spiro atoms. The van der Waals surface area contributed by atoms with Gasteiger partial charge in [0.25, 0.3) is 0 Å². The Labute approximate surface area is 89.3 Å². The lowest BCUT2D eigenvalue weighted by Crippen LogP contribution is -1.73. The third-order valence-electron chi connectivity index (χ3n) is 1.65. The molecule has 0 atom stereocenters. The maximum absolute atomic E-state index is 10.9. The minimum atomic E-state index is 0.0587. The summed E-state index contributed by atoms with van der Waals surface area (Å²) in [5, 5.41) is 0.0587. The van der Waals surface area contributed by atoms with Gasteiger partial charge in [-0.3, -0.25) is 9.59 Å². The Hall–Kier alpha value is -1.13. The predicted molar refractivity (Wildman–Crippen MR) is 59.4 cm³/mol. The molecule has 2 heterocycles. The van der Waals surface area contributed by atoms with Crippen molar-refractivity contribution in [2.24, 2.45) is 0 Å². The molecular formula is C10H6O2S2. The lowest BCUT2D eigenvalue weighted by Gasteiger charge is -1.88. The van der Waals surface area contributed by atoms with Gasteiger partial charge in [0.2, 0.25) is 5.12 Å². The molecule has 0 saturated carbocycles. The summed E-state index contributed by atoms with van der Waals surface area (Å²) in [6.45, 7) is 0. The van der Waals surface area contributed by atoms with Gasteiger partial charge in [-0.15, -0.1) is 11.3 Å². The van der Waals surface area contributed by atoms with Crippen LogP contribution in [0.2, 0.25) is 0 Å². The van der Waals surface area contributed by atoms with Crippen LogP contribution in [-0.4, -0.2) is 11.4 Å². The van der Waals surface area contributed by atoms with Crippen molar-refractivity contribution in [3.05, 3.63) is 38.9 Å². The second kappa shape index (κ2) is 3.94. The van der Waals surface area contributed by atoms with E-state index in [0.29, 0.717) is 4.88 Å². The number of carbonyl (C=O) groups is 2. The summed E-state index contributed by atoms with van der Waals surface area (Å²) in [7, 11) is 0. The molecule has 0 N–H and O–H groups in total. The summed E-state index contributed by atoms with van der Waals surface area (Å²) < 4.78 is 0. The minimum Gasteiger partial charge on any atom is -0.297 e. The van der Waals surface area contributed by atoms with Crippen molar-refractivity contribution in [1.29, 1.82) is 0 Å². The average Bonchev–Trinajstić information content (AvgIpc) is 2.76. The van der Waals surface area contributed by atoms with Crippen molar-refractivity contribution in [1.82, 2.24) is 0 Å². The Morgan fingerprint density at radius 2 is 1.93 bits per heavy atom. The van der Waals surface area contributed by atoms with Gasteiger partial charge in [0, 0.05) is 9.78 Å². The molecule has 2 nitrogen and oxygen atoms in total. The molecule has 1 aliphatic heterocycles. The maximum atomic E-state index is 10.9. The number of hydrogen-bond acceptors (Lipinski definition) is 4. The number of hydrogen-bond donors (Lipinski definition) is 0. The molecular weight excluding hydrogens is 216 g/mol. The average molecular weight is 222 g/mol. The van der Waals surface area contributed by atoms with E-state index in [-0.39, 0.29) is 5.12 Å². The Bertz CT molecular complexity index is 441. The van der Waals surface area contributed by atoms with Crippen LogP contribution in [0.5, 0.6) is 0 Å². The van der Waals surface area contributed by atoms with E-state index in [1.807, 2.05) is 12.1 Å². The van der Waals surface area contributed by atoms with Gasteiger partial charge in [-0.25, -0.2) is 0 Å². The molecule has 0 aromatic carbocycles. The van der Waals surface area contributed by atoms with E-state index in [0.717, 1.165) is 16.1 Å². The monoisotopic (exact) mass is 222 g/mol. The zero-order valence-corrected chi connectivity index (χ0v) is 8.73. The van der Waals surface area contributed by atoms with Crippen LogP contribution >= 0.6 is 23.1 Å². The summed E-state index contributed by atoms with van der Waals surface area (Å²) in [4.78, 5) is 23.9. The highest BCUT2D eigenvalue weighted by Gasteiger charge is 2.09. The van der Waals surface area contributed by atoms with Gasteiger partial charge in [0.15, 0.2) is 6.29 Å². The smallest absolute Gasteiger partial charge is 0.216 e. The zero-order chi connectivity index (χ0) is 9.97. The van der Waals surface area contributed by atoms with Crippen molar-refractivity contribution in [2.45, 2.75) is 0 Å². The van der Waals surface area contributed by atoms with Crippen LogP contribution in [0.4, 0.5) is 0 Å². The van der Waals surface area contributed by atoms with E-state index in [1.54, 1.807) is 18.2 Å². The molecule has 1 aromatic heterocycles. The molecule has 0 bridgehead atoms. The summed E-state index contributed by atoms with van der Waals surface area (Å²) >= 11 is 2.62. The maximum Gasteiger partial charge on any atom is 0.216 e. The van der Waals surface area contributed by atoms with Crippen LogP contribution in [0, 0.1) is 0 Å². The predicted octanol–water partition coefficient (Wildman–Crippen LogP) is 2.73. The lowest BCUT2D eigenvalue weighted by molar-refractivity contribution is -0.106. The Kier molecular flexibility index (Phi) is 2.65. The first kappa shape index (κ1) is 9.43. The van der Waals surface area contributed by atoms with Crippen LogP contribution in [0.25, 0.3) is 6.08 Å². The first-order chi connectivity index (χ1) is 6.78. The van der Waals surface area contributed by atoms with Crippen molar-refractivity contribution in [2.75, 3.05) is 0 Å². The van der Waals surface area contributed by atoms with Crippen LogP contribution < -0.4 is 0 Å². The minimum absolute atomic E-state index is 0.0587. The molecule has 0 amide bonds. The molecule has 0 unspecified atom stereocenters. The van der Waals surface area contributed by atoms with E-state index in [4.69, 9.17) is 0 Å². The zero-order valence-electron chi connectivity index (χ0n) is 7.10. The molecule has 14 heavy (non-hydrogen) atoms. The van der Waals surface area contributed by atoms with Gasteiger partial charge in [0.1, 0.15) is 0 Å². The highest BCUT2D eigenvalue weighted by Crippen LogP contribution is 2.29. The Balaban J connectivity index is 2.21. The first-order valence-electron chi connectivity index (χ1n) is 3.94. The molecule has 4 heteroatoms. The fourth-order valence-electron chi connectivity index (χ4n) is 1.06. The van der Waals surface area contributed by atoms with E-state index in [1.165, 1.54) is 23.1 Å². The molecule has 0 radical (unpaired) electrons. The Morgan fingerprint density at radius 3 is 2.50 bits per heavy atom. The normalized spacial score (nSPS) is 18.0. The van der Waals surface area contributed by atoms with E-state index in [2.05, 4.69) is 0 Å². The number of thioether (sulfide) groups is 1. The van der Waals surface area contributed by atoms with E-state index >= 15 is 0 Å². The van der Waals surface area contributed by atoms with Crippen LogP contribution in [0.1, 0.15) is 14.5 Å². The second-order valence-corrected chi connectivity index (χ2v) is 4.88. The quantitative estimate of drug-likeness (QED) is 0.721. The van der Waals surface area contributed by atoms with E-state index < -0.39 is 0 Å². The number of thiophene rings is 1. The van der Waals surface area contributed by atoms with Crippen molar-refractivity contribution >= 4 is 40.6 Å². The lowest BCUT2D eigenvalue weighted by atomic mass is 10.4. The van der Waals surface area contributed by atoms with Crippen molar-refractivity contribution in [3.8, 4) is 0 Å². The summed E-state index contributed by atoms with van der Waals surface area (Å²) in [6.07, 6.45) is 6.07. The van der Waals surface area contributed by atoms with Gasteiger partial charge in [-0.2, -0.15) is 0 Å². The molecule has 70 valence electrons. The largest absolute Gasteiger partial charge is 0.297 e. The molecule has 0 fully saturated rings. The number of rotatable bonds is 2. The topological polar surface area (TPSA) is 34.1 Å². The van der Waals surface area contributed by atoms with Gasteiger partial charge in [0.05, 0.1) is 4.88 Å². The first-order valence-corrected chi connectivity index (χ1v) is 5.58. The van der Waals surface area contributed by atoms with Gasteiger partial charge in [-0.05, 0) is 42.1 Å². The molecule has 0 aliphatic carbocycles. The van der Waals surface area contributed by atoms with Crippen LogP contribution in [0.3, 0.4) is 0 Å². The van der Waals surface area contributed by atoms with Gasteiger partial charge < -0.3 is 0 Å². The molecule has 1 aromatic rings. The molecule has 2 rings (SSSR count). The number of allylic oxidation sites excluding steroid dienone is 1. The number of aldehydes is 1. The molecule has 1 aliphatic rings. The van der Waals surface area contributed by atoms with Crippen LogP contribution in [0.15, 0.2) is 29.2 Å². The van der Waals surface area contributed by atoms with Crippen molar-refractivity contribution < 1.29 is 9.59 Å². The number of carbonyl (C=O) groups excluding carboxylic acids is 2. The summed E-state index contributed by atoms with van der Waals surface area (Å²) in [5.74, 6) is 0. The SMILES string of the molecule is O=Cc1ccc(C=C2C=CC(=O)S2)s1.